The molecule has 1 aromatic heterocycles. The topological polar surface area (TPSA) is 63.8 Å². The lowest BCUT2D eigenvalue weighted by molar-refractivity contribution is 0.564. The smallest absolute Gasteiger partial charge is 0.134 e. The van der Waals surface area contributed by atoms with Crippen molar-refractivity contribution in [2.24, 2.45) is 11.8 Å². The first kappa shape index (κ1) is 11.8. The van der Waals surface area contributed by atoms with Crippen LogP contribution in [0.4, 0.5) is 11.6 Å². The summed E-state index contributed by atoms with van der Waals surface area (Å²) in [6.07, 6.45) is 9.10. The molecule has 4 heteroatoms. The molecule has 0 amide bonds. The van der Waals surface area contributed by atoms with Gasteiger partial charge in [-0.15, -0.1) is 0 Å². The Balaban J connectivity index is 1.79. The molecule has 4 nitrogen and oxygen atoms in total. The van der Waals surface area contributed by atoms with Crippen LogP contribution in [0, 0.1) is 11.8 Å². The van der Waals surface area contributed by atoms with Gasteiger partial charge >= 0.3 is 0 Å². The minimum Gasteiger partial charge on any atom is -0.383 e. The standard InChI is InChI=1S/C14H22N4/c1-2-3-11-13(15)16-8-17-14(11)18-12(9-4-5-9)10-6-7-10/h8-10,12H,2-7H2,1H3,(H3,15,16,17,18). The third-order valence-corrected chi connectivity index (χ3v) is 4.04. The van der Waals surface area contributed by atoms with E-state index in [1.165, 1.54) is 25.7 Å². The fourth-order valence-electron chi connectivity index (χ4n) is 2.74. The Morgan fingerprint density at radius 3 is 2.50 bits per heavy atom. The van der Waals surface area contributed by atoms with Crippen LogP contribution in [0.3, 0.4) is 0 Å². The second kappa shape index (κ2) is 4.75. The average Bonchev–Trinajstić information content (AvgIpc) is 3.23. The highest BCUT2D eigenvalue weighted by molar-refractivity contribution is 5.55. The number of hydrogen-bond acceptors (Lipinski definition) is 4. The summed E-state index contributed by atoms with van der Waals surface area (Å²) in [7, 11) is 0. The van der Waals surface area contributed by atoms with Gasteiger partial charge in [-0.3, -0.25) is 0 Å². The monoisotopic (exact) mass is 246 g/mol. The normalized spacial score (nSPS) is 19.2. The maximum atomic E-state index is 5.98. The van der Waals surface area contributed by atoms with Crippen molar-refractivity contribution in [3.8, 4) is 0 Å². The highest BCUT2D eigenvalue weighted by Gasteiger charge is 2.41. The van der Waals surface area contributed by atoms with Crippen molar-refractivity contribution in [3.63, 3.8) is 0 Å². The van der Waals surface area contributed by atoms with Crippen LogP contribution in [0.25, 0.3) is 0 Å². The molecule has 2 aliphatic rings. The van der Waals surface area contributed by atoms with Gasteiger partial charge in [0.05, 0.1) is 0 Å². The molecule has 3 rings (SSSR count). The SMILES string of the molecule is CCCc1c(N)ncnc1NC(C1CC1)C1CC1. The summed E-state index contributed by atoms with van der Waals surface area (Å²) in [6.45, 7) is 2.16. The van der Waals surface area contributed by atoms with Crippen LogP contribution in [0.2, 0.25) is 0 Å². The molecule has 0 aliphatic heterocycles. The van der Waals surface area contributed by atoms with Crippen molar-refractivity contribution in [2.45, 2.75) is 51.5 Å². The van der Waals surface area contributed by atoms with Gasteiger partial charge in [0.25, 0.3) is 0 Å². The van der Waals surface area contributed by atoms with E-state index in [0.29, 0.717) is 11.9 Å². The Bertz CT molecular complexity index is 412. The summed E-state index contributed by atoms with van der Waals surface area (Å²) in [6, 6.07) is 0.620. The summed E-state index contributed by atoms with van der Waals surface area (Å²) in [5.74, 6) is 3.35. The molecule has 3 N–H and O–H groups in total. The van der Waals surface area contributed by atoms with Crippen LogP contribution in [0.15, 0.2) is 6.33 Å². The van der Waals surface area contributed by atoms with E-state index in [4.69, 9.17) is 5.73 Å². The Morgan fingerprint density at radius 2 is 1.94 bits per heavy atom. The molecular formula is C14H22N4. The van der Waals surface area contributed by atoms with Crippen molar-refractivity contribution >= 4 is 11.6 Å². The summed E-state index contributed by atoms with van der Waals surface area (Å²) in [4.78, 5) is 8.53. The van der Waals surface area contributed by atoms with Gasteiger partial charge in [0, 0.05) is 11.6 Å². The zero-order chi connectivity index (χ0) is 12.5. The number of rotatable bonds is 6. The number of hydrogen-bond donors (Lipinski definition) is 2. The van der Waals surface area contributed by atoms with Gasteiger partial charge in [-0.2, -0.15) is 0 Å². The number of anilines is 2. The highest BCUT2D eigenvalue weighted by atomic mass is 15.1. The predicted molar refractivity (Wildman–Crippen MR) is 73.3 cm³/mol. The minimum absolute atomic E-state index is 0.620. The van der Waals surface area contributed by atoms with Crippen molar-refractivity contribution in [3.05, 3.63) is 11.9 Å². The van der Waals surface area contributed by atoms with E-state index in [0.717, 1.165) is 36.1 Å². The molecule has 0 atom stereocenters. The van der Waals surface area contributed by atoms with E-state index in [1.54, 1.807) is 6.33 Å². The molecule has 0 unspecified atom stereocenters. The summed E-state index contributed by atoms with van der Waals surface area (Å²) in [5, 5.41) is 3.67. The highest BCUT2D eigenvalue weighted by Crippen LogP contribution is 2.46. The van der Waals surface area contributed by atoms with E-state index in [1.807, 2.05) is 0 Å². The van der Waals surface area contributed by atoms with Gasteiger partial charge in [-0.05, 0) is 43.9 Å². The van der Waals surface area contributed by atoms with Gasteiger partial charge in [0.1, 0.15) is 18.0 Å². The van der Waals surface area contributed by atoms with Crippen molar-refractivity contribution < 1.29 is 0 Å². The minimum atomic E-state index is 0.620. The van der Waals surface area contributed by atoms with Crippen LogP contribution < -0.4 is 11.1 Å². The Kier molecular flexibility index (Phi) is 3.10. The Labute approximate surface area is 108 Å². The van der Waals surface area contributed by atoms with Crippen LogP contribution in [0.5, 0.6) is 0 Å². The van der Waals surface area contributed by atoms with Gasteiger partial charge in [0.15, 0.2) is 0 Å². The maximum Gasteiger partial charge on any atom is 0.134 e. The van der Waals surface area contributed by atoms with E-state index >= 15 is 0 Å². The molecule has 0 aromatic carbocycles. The van der Waals surface area contributed by atoms with E-state index in [2.05, 4.69) is 22.2 Å². The number of nitrogens with two attached hydrogens (primary N) is 1. The quantitative estimate of drug-likeness (QED) is 0.810. The van der Waals surface area contributed by atoms with Crippen LogP contribution in [-0.2, 0) is 6.42 Å². The third-order valence-electron chi connectivity index (χ3n) is 4.04. The van der Waals surface area contributed by atoms with E-state index in [-0.39, 0.29) is 0 Å². The molecule has 1 aromatic rings. The van der Waals surface area contributed by atoms with Gasteiger partial charge in [-0.25, -0.2) is 9.97 Å². The van der Waals surface area contributed by atoms with E-state index < -0.39 is 0 Å². The van der Waals surface area contributed by atoms with Gasteiger partial charge in [0.2, 0.25) is 0 Å². The number of aromatic nitrogens is 2. The second-order valence-electron chi connectivity index (χ2n) is 5.68. The summed E-state index contributed by atoms with van der Waals surface area (Å²) in [5.41, 5.74) is 7.08. The van der Waals surface area contributed by atoms with Crippen LogP contribution in [0.1, 0.15) is 44.6 Å². The maximum absolute atomic E-state index is 5.98. The first-order valence-corrected chi connectivity index (χ1v) is 7.15. The van der Waals surface area contributed by atoms with Gasteiger partial charge < -0.3 is 11.1 Å². The first-order valence-electron chi connectivity index (χ1n) is 7.15. The fraction of sp³-hybridized carbons (Fsp3) is 0.714. The first-order chi connectivity index (χ1) is 8.79. The second-order valence-corrected chi connectivity index (χ2v) is 5.68. The Hall–Kier alpha value is -1.32. The molecule has 0 bridgehead atoms. The van der Waals surface area contributed by atoms with Crippen LogP contribution >= 0.6 is 0 Å². The molecule has 2 saturated carbocycles. The number of nitrogen functional groups attached to an aromatic ring is 1. The molecule has 2 fully saturated rings. The molecular weight excluding hydrogens is 224 g/mol. The fourth-order valence-corrected chi connectivity index (χ4v) is 2.74. The lowest BCUT2D eigenvalue weighted by Crippen LogP contribution is -2.26. The van der Waals surface area contributed by atoms with Crippen molar-refractivity contribution in [1.82, 2.24) is 9.97 Å². The zero-order valence-corrected chi connectivity index (χ0v) is 11.0. The largest absolute Gasteiger partial charge is 0.383 e. The van der Waals surface area contributed by atoms with Crippen molar-refractivity contribution in [1.29, 1.82) is 0 Å². The van der Waals surface area contributed by atoms with Crippen LogP contribution in [-0.4, -0.2) is 16.0 Å². The molecule has 2 aliphatic carbocycles. The molecule has 0 spiro atoms. The Morgan fingerprint density at radius 1 is 1.28 bits per heavy atom. The zero-order valence-electron chi connectivity index (χ0n) is 11.0. The summed E-state index contributed by atoms with van der Waals surface area (Å²) < 4.78 is 0. The molecule has 1 heterocycles. The molecule has 0 radical (unpaired) electrons. The summed E-state index contributed by atoms with van der Waals surface area (Å²) >= 11 is 0. The predicted octanol–water partition coefficient (Wildman–Crippen LogP) is 2.61. The van der Waals surface area contributed by atoms with Crippen molar-refractivity contribution in [2.75, 3.05) is 11.1 Å². The number of nitrogens with zero attached hydrogens (tertiary/aromatic N) is 2. The van der Waals surface area contributed by atoms with E-state index in [9.17, 15) is 0 Å². The lowest BCUT2D eigenvalue weighted by Gasteiger charge is -2.20. The molecule has 0 saturated heterocycles. The average molecular weight is 246 g/mol. The third kappa shape index (κ3) is 2.42. The molecule has 18 heavy (non-hydrogen) atoms. The molecule has 98 valence electrons. The van der Waals surface area contributed by atoms with Gasteiger partial charge in [-0.1, -0.05) is 13.3 Å². The number of nitrogens with one attached hydrogen (secondary N) is 1. The lowest BCUT2D eigenvalue weighted by atomic mass is 10.1.